The van der Waals surface area contributed by atoms with Crippen LogP contribution in [0.4, 0.5) is 0 Å². The molecule has 0 aliphatic carbocycles. The summed E-state index contributed by atoms with van der Waals surface area (Å²) in [7, 11) is 0. The molecule has 0 bridgehead atoms. The maximum atomic E-state index is 10.0. The number of carboxylic acids is 1. The molecular weight excluding hydrogens is 180 g/mol. The molecule has 2 heterocycles. The molecule has 2 rings (SSSR count). The second-order valence-electron chi connectivity index (χ2n) is 2.41. The molecule has 0 aliphatic rings. The van der Waals surface area contributed by atoms with Crippen LogP contribution in [0.3, 0.4) is 0 Å². The molecule has 0 unspecified atom stereocenters. The molecule has 0 radical (unpaired) electrons. The van der Waals surface area contributed by atoms with E-state index in [-0.39, 0.29) is 5.69 Å². The first kappa shape index (κ1) is 9.98. The van der Waals surface area contributed by atoms with Crippen molar-refractivity contribution in [2.75, 3.05) is 0 Å². The molecule has 4 heteroatoms. The normalized spacial score (nSPS) is 8.57. The maximum Gasteiger partial charge on any atom is 0.352 e. The zero-order valence-corrected chi connectivity index (χ0v) is 7.42. The number of aromatic nitrogens is 2. The summed E-state index contributed by atoms with van der Waals surface area (Å²) >= 11 is 0. The van der Waals surface area contributed by atoms with E-state index in [1.54, 1.807) is 24.7 Å². The summed E-state index contributed by atoms with van der Waals surface area (Å²) in [6.07, 6.45) is 5.07. The number of nitrogens with zero attached hydrogens (tertiary/aromatic N) is 1. The molecule has 2 aromatic heterocycles. The number of aromatic carboxylic acids is 1. The van der Waals surface area contributed by atoms with Crippen molar-refractivity contribution in [2.24, 2.45) is 0 Å². The molecule has 0 amide bonds. The van der Waals surface area contributed by atoms with Gasteiger partial charge in [-0.15, -0.1) is 0 Å². The number of aromatic amines is 1. The van der Waals surface area contributed by atoms with Gasteiger partial charge < -0.3 is 10.1 Å². The third kappa shape index (κ3) is 3.53. The van der Waals surface area contributed by atoms with Crippen molar-refractivity contribution in [1.82, 2.24) is 9.97 Å². The molecular formula is C10H10N2O2. The van der Waals surface area contributed by atoms with Gasteiger partial charge >= 0.3 is 5.97 Å². The Hall–Kier alpha value is -2.10. The van der Waals surface area contributed by atoms with E-state index in [0.29, 0.717) is 0 Å². The Morgan fingerprint density at radius 1 is 1.21 bits per heavy atom. The summed E-state index contributed by atoms with van der Waals surface area (Å²) in [5.74, 6) is -0.921. The largest absolute Gasteiger partial charge is 0.477 e. The van der Waals surface area contributed by atoms with Crippen LogP contribution in [0, 0.1) is 0 Å². The molecule has 14 heavy (non-hydrogen) atoms. The predicted octanol–water partition coefficient (Wildman–Crippen LogP) is 1.79. The van der Waals surface area contributed by atoms with Gasteiger partial charge in [0.25, 0.3) is 0 Å². The Morgan fingerprint density at radius 2 is 1.93 bits per heavy atom. The van der Waals surface area contributed by atoms with E-state index < -0.39 is 5.97 Å². The molecule has 0 atom stereocenters. The first-order valence-corrected chi connectivity index (χ1v) is 4.02. The maximum absolute atomic E-state index is 10.0. The van der Waals surface area contributed by atoms with Crippen molar-refractivity contribution in [2.45, 2.75) is 0 Å². The van der Waals surface area contributed by atoms with E-state index in [2.05, 4.69) is 9.97 Å². The molecule has 0 aromatic carbocycles. The van der Waals surface area contributed by atoms with Gasteiger partial charge in [0.2, 0.25) is 0 Å². The molecule has 4 nitrogen and oxygen atoms in total. The van der Waals surface area contributed by atoms with Crippen LogP contribution in [-0.4, -0.2) is 21.0 Å². The number of carbonyl (C=O) groups is 1. The second kappa shape index (κ2) is 5.53. The number of nitrogens with one attached hydrogen (secondary N) is 1. The summed E-state index contributed by atoms with van der Waals surface area (Å²) in [5.41, 5.74) is 0.227. The minimum absolute atomic E-state index is 0.227. The first-order valence-electron chi connectivity index (χ1n) is 4.02. The van der Waals surface area contributed by atoms with Crippen LogP contribution < -0.4 is 0 Å². The summed E-state index contributed by atoms with van der Waals surface area (Å²) < 4.78 is 0. The number of hydrogen-bond acceptors (Lipinski definition) is 2. The van der Waals surface area contributed by atoms with Crippen molar-refractivity contribution in [3.63, 3.8) is 0 Å². The highest BCUT2D eigenvalue weighted by Gasteiger charge is 1.98. The van der Waals surface area contributed by atoms with Crippen molar-refractivity contribution in [1.29, 1.82) is 0 Å². The van der Waals surface area contributed by atoms with Gasteiger partial charge in [-0.2, -0.15) is 0 Å². The average molecular weight is 190 g/mol. The van der Waals surface area contributed by atoms with E-state index in [1.807, 2.05) is 18.2 Å². The number of rotatable bonds is 1. The van der Waals surface area contributed by atoms with E-state index in [4.69, 9.17) is 5.11 Å². The lowest BCUT2D eigenvalue weighted by molar-refractivity contribution is 0.0691. The van der Waals surface area contributed by atoms with E-state index in [1.165, 1.54) is 6.07 Å². The van der Waals surface area contributed by atoms with Gasteiger partial charge in [-0.05, 0) is 24.3 Å². The van der Waals surface area contributed by atoms with E-state index >= 15 is 0 Å². The Morgan fingerprint density at radius 3 is 2.14 bits per heavy atom. The molecule has 0 fully saturated rings. The third-order valence-corrected chi connectivity index (χ3v) is 1.39. The Kier molecular flexibility index (Phi) is 3.94. The smallest absolute Gasteiger partial charge is 0.352 e. The van der Waals surface area contributed by atoms with Crippen molar-refractivity contribution >= 4 is 5.97 Å². The van der Waals surface area contributed by atoms with Crippen LogP contribution in [0.1, 0.15) is 10.5 Å². The summed E-state index contributed by atoms with van der Waals surface area (Å²) in [6.45, 7) is 0. The van der Waals surface area contributed by atoms with Gasteiger partial charge in [0.05, 0.1) is 0 Å². The van der Waals surface area contributed by atoms with Crippen LogP contribution in [-0.2, 0) is 0 Å². The summed E-state index contributed by atoms with van der Waals surface area (Å²) in [6, 6.07) is 8.86. The third-order valence-electron chi connectivity index (χ3n) is 1.39. The van der Waals surface area contributed by atoms with E-state index in [9.17, 15) is 4.79 Å². The molecule has 0 saturated carbocycles. The van der Waals surface area contributed by atoms with Crippen molar-refractivity contribution in [3.05, 3.63) is 54.6 Å². The van der Waals surface area contributed by atoms with Crippen LogP contribution in [0.5, 0.6) is 0 Å². The average Bonchev–Trinajstić information content (AvgIpc) is 2.74. The summed E-state index contributed by atoms with van der Waals surface area (Å²) in [4.78, 5) is 16.4. The zero-order chi connectivity index (χ0) is 10.2. The monoisotopic (exact) mass is 190 g/mol. The van der Waals surface area contributed by atoms with Crippen LogP contribution >= 0.6 is 0 Å². The van der Waals surface area contributed by atoms with Gasteiger partial charge in [-0.25, -0.2) is 4.79 Å². The highest BCUT2D eigenvalue weighted by Crippen LogP contribution is 1.91. The standard InChI is InChI=1S/C5H5NO2.C5H5N/c7-5(8)4-2-1-3-6-4;1-2-4-6-5-3-1/h1-3,6H,(H,7,8);1-5H. The number of carboxylic acid groups (broad SMARTS) is 1. The predicted molar refractivity (Wildman–Crippen MR) is 52.0 cm³/mol. The quantitative estimate of drug-likeness (QED) is 0.720. The molecule has 0 saturated heterocycles. The van der Waals surface area contributed by atoms with Crippen LogP contribution in [0.25, 0.3) is 0 Å². The van der Waals surface area contributed by atoms with Crippen LogP contribution in [0.15, 0.2) is 48.9 Å². The fourth-order valence-corrected chi connectivity index (χ4v) is 0.776. The van der Waals surface area contributed by atoms with Gasteiger partial charge in [-0.1, -0.05) is 6.07 Å². The summed E-state index contributed by atoms with van der Waals surface area (Å²) in [5, 5.41) is 8.24. The van der Waals surface area contributed by atoms with Gasteiger partial charge in [0, 0.05) is 18.6 Å². The van der Waals surface area contributed by atoms with Gasteiger partial charge in [-0.3, -0.25) is 4.98 Å². The van der Waals surface area contributed by atoms with Gasteiger partial charge in [0.1, 0.15) is 5.69 Å². The lowest BCUT2D eigenvalue weighted by Gasteiger charge is -1.80. The fourth-order valence-electron chi connectivity index (χ4n) is 0.776. The fraction of sp³-hybridized carbons (Fsp3) is 0. The molecule has 2 aromatic rings. The minimum atomic E-state index is -0.921. The highest BCUT2D eigenvalue weighted by molar-refractivity contribution is 5.85. The van der Waals surface area contributed by atoms with Crippen molar-refractivity contribution < 1.29 is 9.90 Å². The van der Waals surface area contributed by atoms with E-state index in [0.717, 1.165) is 0 Å². The molecule has 2 N–H and O–H groups in total. The SMILES string of the molecule is O=C(O)c1ccc[nH]1.c1ccncc1. The Labute approximate surface area is 81.2 Å². The minimum Gasteiger partial charge on any atom is -0.477 e. The lowest BCUT2D eigenvalue weighted by atomic mass is 10.4. The van der Waals surface area contributed by atoms with Crippen LogP contribution in [0.2, 0.25) is 0 Å². The topological polar surface area (TPSA) is 66.0 Å². The van der Waals surface area contributed by atoms with Crippen molar-refractivity contribution in [3.8, 4) is 0 Å². The highest BCUT2D eigenvalue weighted by atomic mass is 16.4. The Bertz CT molecular complexity index is 330. The first-order chi connectivity index (χ1) is 6.80. The number of hydrogen-bond donors (Lipinski definition) is 2. The lowest BCUT2D eigenvalue weighted by Crippen LogP contribution is -1.94. The number of H-pyrrole nitrogens is 1. The molecule has 72 valence electrons. The second-order valence-corrected chi connectivity index (χ2v) is 2.41. The zero-order valence-electron chi connectivity index (χ0n) is 7.42. The molecule has 0 aliphatic heterocycles. The van der Waals surface area contributed by atoms with Gasteiger partial charge in [0.15, 0.2) is 0 Å². The Balaban J connectivity index is 0.000000146. The molecule has 0 spiro atoms. The number of pyridine rings is 1.